The van der Waals surface area contributed by atoms with Gasteiger partial charge in [0, 0.05) is 37.9 Å². The van der Waals surface area contributed by atoms with Crippen LogP contribution < -0.4 is 10.2 Å². The zero-order chi connectivity index (χ0) is 18.9. The van der Waals surface area contributed by atoms with Gasteiger partial charge in [0.25, 0.3) is 0 Å². The number of amidine groups is 1. The maximum Gasteiger partial charge on any atom is 0.415 e. The number of piperidine rings is 1. The predicted molar refractivity (Wildman–Crippen MR) is 102 cm³/mol. The molecule has 140 valence electrons. The van der Waals surface area contributed by atoms with Crippen LogP contribution in [0.5, 0.6) is 5.75 Å². The average Bonchev–Trinajstić information content (AvgIpc) is 2.73. The van der Waals surface area contributed by atoms with E-state index in [1.165, 1.54) is 6.20 Å². The molecule has 0 atom stereocenters. The number of benzene rings is 1. The summed E-state index contributed by atoms with van der Waals surface area (Å²) in [5, 5.41) is 12.3. The van der Waals surface area contributed by atoms with Gasteiger partial charge in [-0.3, -0.25) is 4.98 Å². The Morgan fingerprint density at radius 3 is 2.63 bits per heavy atom. The number of hydrogen-bond acceptors (Lipinski definition) is 6. The number of nitrogens with one attached hydrogen (secondary N) is 1. The number of likely N-dealkylation sites (tertiary alicyclic amines) is 1. The first-order chi connectivity index (χ1) is 13.3. The highest BCUT2D eigenvalue weighted by Gasteiger charge is 2.24. The van der Waals surface area contributed by atoms with Crippen LogP contribution in [0.3, 0.4) is 0 Å². The number of azo groups is 1. The molecule has 8 heteroatoms. The minimum atomic E-state index is -0.352. The van der Waals surface area contributed by atoms with Crippen LogP contribution in [0.25, 0.3) is 0 Å². The van der Waals surface area contributed by atoms with Crippen LogP contribution in [0, 0.1) is 0 Å². The van der Waals surface area contributed by atoms with Gasteiger partial charge in [0.2, 0.25) is 0 Å². The molecule has 0 unspecified atom stereocenters. The molecule has 0 bridgehead atoms. The maximum atomic E-state index is 12.2. The third kappa shape index (κ3) is 5.34. The molecule has 0 spiro atoms. The van der Waals surface area contributed by atoms with Crippen molar-refractivity contribution >= 4 is 11.9 Å². The molecule has 1 aromatic heterocycles. The van der Waals surface area contributed by atoms with Gasteiger partial charge in [-0.05, 0) is 25.0 Å². The van der Waals surface area contributed by atoms with E-state index in [4.69, 9.17) is 4.74 Å². The van der Waals surface area contributed by atoms with Gasteiger partial charge in [-0.25, -0.2) is 4.79 Å². The molecule has 1 N–H and O–H groups in total. The van der Waals surface area contributed by atoms with Crippen LogP contribution in [-0.2, 0) is 0 Å². The number of carbonyl (C=O) groups excluding carboxylic acids is 1. The van der Waals surface area contributed by atoms with Crippen molar-refractivity contribution in [3.8, 4) is 5.75 Å². The van der Waals surface area contributed by atoms with Crippen molar-refractivity contribution in [3.05, 3.63) is 60.4 Å². The van der Waals surface area contributed by atoms with Gasteiger partial charge in [0.05, 0.1) is 6.20 Å². The van der Waals surface area contributed by atoms with E-state index in [1.54, 1.807) is 30.3 Å². The molecule has 1 saturated heterocycles. The summed E-state index contributed by atoms with van der Waals surface area (Å²) in [6, 6.07) is 13.3. The number of pyridine rings is 1. The zero-order valence-electron chi connectivity index (χ0n) is 15.2. The number of aromatic nitrogens is 1. The molecule has 2 aromatic rings. The lowest BCUT2D eigenvalue weighted by atomic mass is 10.1. The molecule has 8 nitrogen and oxygen atoms in total. The molecular formula is C19H22N6O2. The first-order valence-electron chi connectivity index (χ1n) is 8.81. The van der Waals surface area contributed by atoms with E-state index in [0.717, 1.165) is 18.4 Å². The molecule has 1 aliphatic rings. The van der Waals surface area contributed by atoms with Crippen molar-refractivity contribution in [2.45, 2.75) is 18.9 Å². The van der Waals surface area contributed by atoms with E-state index in [0.29, 0.717) is 24.7 Å². The van der Waals surface area contributed by atoms with Crippen molar-refractivity contribution in [1.29, 1.82) is 0 Å². The largest absolute Gasteiger partial charge is 0.415 e. The van der Waals surface area contributed by atoms with Crippen LogP contribution in [0.1, 0.15) is 18.4 Å². The number of ether oxygens (including phenoxy) is 1. The van der Waals surface area contributed by atoms with E-state index in [2.05, 4.69) is 25.7 Å². The second-order valence-corrected chi connectivity index (χ2v) is 6.05. The Bertz CT molecular complexity index is 786. The first-order valence-corrected chi connectivity index (χ1v) is 8.81. The summed E-state index contributed by atoms with van der Waals surface area (Å²) in [5.74, 6) is 0.987. The summed E-state index contributed by atoms with van der Waals surface area (Å²) in [6.45, 7) is 1.20. The lowest BCUT2D eigenvalue weighted by Crippen LogP contribution is -2.45. The predicted octanol–water partition coefficient (Wildman–Crippen LogP) is 3.08. The highest BCUT2D eigenvalue weighted by Crippen LogP contribution is 2.14. The van der Waals surface area contributed by atoms with Gasteiger partial charge in [-0.1, -0.05) is 30.3 Å². The maximum absolute atomic E-state index is 12.2. The van der Waals surface area contributed by atoms with E-state index < -0.39 is 0 Å². The number of carbonyl (C=O) groups is 1. The minimum Gasteiger partial charge on any atom is -0.409 e. The van der Waals surface area contributed by atoms with Crippen LogP contribution >= 0.6 is 0 Å². The smallest absolute Gasteiger partial charge is 0.409 e. The fourth-order valence-electron chi connectivity index (χ4n) is 2.74. The Kier molecular flexibility index (Phi) is 6.45. The standard InChI is InChI=1S/C19H22N6O2/c1-20-23-18(15-6-3-2-4-7-15)24-22-16-9-12-25(13-10-16)19(26)27-17-8-5-11-21-14-17/h2-8,11,14,16,22H,9-10,12-13H2,1H3/b23-20?,24-18-. The molecule has 1 aromatic carbocycles. The van der Waals surface area contributed by atoms with Crippen molar-refractivity contribution in [2.24, 2.45) is 15.3 Å². The number of nitrogens with zero attached hydrogens (tertiary/aromatic N) is 5. The molecule has 1 aliphatic heterocycles. The topological polar surface area (TPSA) is 91.5 Å². The third-order valence-corrected chi connectivity index (χ3v) is 4.17. The molecule has 1 fully saturated rings. The number of hydrogen-bond donors (Lipinski definition) is 1. The highest BCUT2D eigenvalue weighted by molar-refractivity contribution is 5.98. The summed E-state index contributed by atoms with van der Waals surface area (Å²) >= 11 is 0. The van der Waals surface area contributed by atoms with E-state index in [9.17, 15) is 4.79 Å². The van der Waals surface area contributed by atoms with Crippen molar-refractivity contribution in [3.63, 3.8) is 0 Å². The van der Waals surface area contributed by atoms with Crippen LogP contribution in [0.15, 0.2) is 70.2 Å². The quantitative estimate of drug-likeness (QED) is 0.390. The molecule has 0 aliphatic carbocycles. The van der Waals surface area contributed by atoms with Crippen LogP contribution in [-0.4, -0.2) is 48.0 Å². The van der Waals surface area contributed by atoms with Crippen LogP contribution in [0.4, 0.5) is 4.79 Å². The van der Waals surface area contributed by atoms with Crippen molar-refractivity contribution < 1.29 is 9.53 Å². The molecule has 0 saturated carbocycles. The molecule has 2 heterocycles. The Labute approximate surface area is 158 Å². The fraction of sp³-hybridized carbons (Fsp3) is 0.316. The van der Waals surface area contributed by atoms with E-state index in [1.807, 2.05) is 30.3 Å². The molecule has 3 rings (SSSR count). The summed E-state index contributed by atoms with van der Waals surface area (Å²) in [4.78, 5) is 17.8. The van der Waals surface area contributed by atoms with Crippen LogP contribution in [0.2, 0.25) is 0 Å². The van der Waals surface area contributed by atoms with Gasteiger partial charge in [0.15, 0.2) is 11.6 Å². The molecule has 1 amide bonds. The summed E-state index contributed by atoms with van der Waals surface area (Å²) < 4.78 is 5.33. The first kappa shape index (κ1) is 18.5. The average molecular weight is 366 g/mol. The minimum absolute atomic E-state index is 0.165. The Morgan fingerprint density at radius 1 is 1.19 bits per heavy atom. The Balaban J connectivity index is 1.52. The SMILES string of the molecule is CN=N/C(=N\NC1CCN(C(=O)Oc2cccnc2)CC1)c1ccccc1. The van der Waals surface area contributed by atoms with Gasteiger partial charge in [-0.15, -0.1) is 5.11 Å². The second kappa shape index (κ2) is 9.42. The van der Waals surface area contributed by atoms with Gasteiger partial charge >= 0.3 is 6.09 Å². The van der Waals surface area contributed by atoms with Gasteiger partial charge < -0.3 is 15.1 Å². The zero-order valence-corrected chi connectivity index (χ0v) is 15.2. The Morgan fingerprint density at radius 2 is 1.96 bits per heavy atom. The van der Waals surface area contributed by atoms with Crippen molar-refractivity contribution in [2.75, 3.05) is 20.1 Å². The van der Waals surface area contributed by atoms with Gasteiger partial charge in [-0.2, -0.15) is 10.2 Å². The summed E-state index contributed by atoms with van der Waals surface area (Å²) in [5.41, 5.74) is 4.06. The highest BCUT2D eigenvalue weighted by atomic mass is 16.6. The molecular weight excluding hydrogens is 344 g/mol. The monoisotopic (exact) mass is 366 g/mol. The fourth-order valence-corrected chi connectivity index (χ4v) is 2.74. The number of hydrazone groups is 1. The molecule has 0 radical (unpaired) electrons. The number of rotatable bonds is 4. The third-order valence-electron chi connectivity index (χ3n) is 4.17. The van der Waals surface area contributed by atoms with Crippen molar-refractivity contribution in [1.82, 2.24) is 15.3 Å². The lowest BCUT2D eigenvalue weighted by molar-refractivity contribution is 0.135. The summed E-state index contributed by atoms with van der Waals surface area (Å²) in [7, 11) is 1.62. The number of amides is 1. The van der Waals surface area contributed by atoms with Gasteiger partial charge in [0.1, 0.15) is 0 Å². The van der Waals surface area contributed by atoms with E-state index in [-0.39, 0.29) is 12.1 Å². The second-order valence-electron chi connectivity index (χ2n) is 6.05. The lowest BCUT2D eigenvalue weighted by Gasteiger charge is -2.30. The van der Waals surface area contributed by atoms with E-state index >= 15 is 0 Å². The molecule has 27 heavy (non-hydrogen) atoms. The Hall–Kier alpha value is -3.29. The normalized spacial score (nSPS) is 15.7. The summed E-state index contributed by atoms with van der Waals surface area (Å²) in [6.07, 6.45) is 4.36.